The summed E-state index contributed by atoms with van der Waals surface area (Å²) in [5.74, 6) is 1.52. The number of fused-ring (bicyclic) bond motifs is 1. The summed E-state index contributed by atoms with van der Waals surface area (Å²) in [5.41, 5.74) is 0.276. The molecule has 2 aliphatic rings. The summed E-state index contributed by atoms with van der Waals surface area (Å²) >= 11 is 0. The van der Waals surface area contributed by atoms with Gasteiger partial charge in [0.1, 0.15) is 11.5 Å². The van der Waals surface area contributed by atoms with E-state index in [9.17, 15) is 9.90 Å². The topological polar surface area (TPSA) is 59.0 Å². The maximum Gasteiger partial charge on any atom is 0.219 e. The Morgan fingerprint density at radius 2 is 2.04 bits per heavy atom. The van der Waals surface area contributed by atoms with Crippen LogP contribution in [0, 0.1) is 5.92 Å². The maximum atomic E-state index is 12.3. The Bertz CT molecular complexity index is 617. The Morgan fingerprint density at radius 1 is 1.25 bits per heavy atom. The minimum Gasteiger partial charge on any atom is -0.497 e. The van der Waals surface area contributed by atoms with Crippen LogP contribution in [0.2, 0.25) is 0 Å². The molecule has 5 nitrogen and oxygen atoms in total. The van der Waals surface area contributed by atoms with Crippen LogP contribution >= 0.6 is 0 Å². The van der Waals surface area contributed by atoms with E-state index in [1.54, 1.807) is 21.1 Å². The summed E-state index contributed by atoms with van der Waals surface area (Å²) < 4.78 is 10.9. The predicted molar refractivity (Wildman–Crippen MR) is 91.2 cm³/mol. The van der Waals surface area contributed by atoms with Gasteiger partial charge < -0.3 is 19.5 Å². The molecule has 0 unspecified atom stereocenters. The number of piperidine rings is 1. The molecule has 5 heteroatoms. The van der Waals surface area contributed by atoms with Gasteiger partial charge in [-0.2, -0.15) is 0 Å². The van der Waals surface area contributed by atoms with Gasteiger partial charge in [0.25, 0.3) is 0 Å². The highest BCUT2D eigenvalue weighted by atomic mass is 16.5. The van der Waals surface area contributed by atoms with Gasteiger partial charge in [0.05, 0.1) is 25.9 Å². The van der Waals surface area contributed by atoms with Crippen LogP contribution in [0.3, 0.4) is 0 Å². The Morgan fingerprint density at radius 3 is 2.71 bits per heavy atom. The quantitative estimate of drug-likeness (QED) is 0.924. The van der Waals surface area contributed by atoms with E-state index in [1.807, 2.05) is 23.1 Å². The summed E-state index contributed by atoms with van der Waals surface area (Å²) in [6.07, 6.45) is 4.55. The number of amides is 1. The fraction of sp³-hybridized carbons (Fsp3) is 0.632. The molecular weight excluding hydrogens is 306 g/mol. The summed E-state index contributed by atoms with van der Waals surface area (Å²) in [6.45, 7) is 2.19. The molecule has 3 rings (SSSR count). The van der Waals surface area contributed by atoms with E-state index in [4.69, 9.17) is 9.47 Å². The second kappa shape index (κ2) is 6.63. The first kappa shape index (κ1) is 17.1. The molecule has 1 saturated heterocycles. The van der Waals surface area contributed by atoms with E-state index in [-0.39, 0.29) is 17.9 Å². The number of carbonyl (C=O) groups is 1. The molecule has 2 fully saturated rings. The lowest BCUT2D eigenvalue weighted by Gasteiger charge is -2.52. The van der Waals surface area contributed by atoms with Crippen molar-refractivity contribution < 1.29 is 19.4 Å². The second-order valence-corrected chi connectivity index (χ2v) is 6.97. The number of benzene rings is 1. The van der Waals surface area contributed by atoms with Crippen molar-refractivity contribution in [2.45, 2.75) is 50.7 Å². The molecule has 132 valence electrons. The molecule has 0 spiro atoms. The van der Waals surface area contributed by atoms with Crippen LogP contribution in [-0.2, 0) is 4.79 Å². The van der Waals surface area contributed by atoms with E-state index < -0.39 is 5.60 Å². The number of methoxy groups -OCH3 is 2. The van der Waals surface area contributed by atoms with Crippen LogP contribution in [0.5, 0.6) is 11.5 Å². The van der Waals surface area contributed by atoms with E-state index in [0.717, 1.165) is 37.0 Å². The van der Waals surface area contributed by atoms with Crippen LogP contribution in [0.15, 0.2) is 18.2 Å². The standard InChI is InChI=1S/C19H27NO4/c1-13(21)20-11-10-19(22)9-5-4-6-16(19)18(20)15-8-7-14(23-2)12-17(15)24-3/h7-8,12,16,18,22H,4-6,9-11H2,1-3H3/t16-,18+,19-/m1/s1. The average molecular weight is 333 g/mol. The third-order valence-electron chi connectivity index (χ3n) is 5.73. The number of nitrogens with zero attached hydrogens (tertiary/aromatic N) is 1. The molecule has 0 bridgehead atoms. The third-order valence-corrected chi connectivity index (χ3v) is 5.73. The zero-order valence-corrected chi connectivity index (χ0v) is 14.7. The normalized spacial score (nSPS) is 29.8. The first-order valence-corrected chi connectivity index (χ1v) is 8.71. The molecule has 1 amide bonds. The van der Waals surface area contributed by atoms with Crippen molar-refractivity contribution in [3.05, 3.63) is 23.8 Å². The number of carbonyl (C=O) groups excluding carboxylic acids is 1. The molecular formula is C19H27NO4. The molecule has 1 heterocycles. The number of aliphatic hydroxyl groups is 1. The highest BCUT2D eigenvalue weighted by Gasteiger charge is 2.50. The average Bonchev–Trinajstić information content (AvgIpc) is 2.59. The minimum atomic E-state index is -0.681. The molecule has 0 radical (unpaired) electrons. The van der Waals surface area contributed by atoms with Crippen LogP contribution in [0.1, 0.15) is 50.6 Å². The highest BCUT2D eigenvalue weighted by Crippen LogP contribution is 2.51. The first-order chi connectivity index (χ1) is 11.5. The zero-order valence-electron chi connectivity index (χ0n) is 14.7. The number of hydrogen-bond acceptors (Lipinski definition) is 4. The van der Waals surface area contributed by atoms with E-state index in [0.29, 0.717) is 18.7 Å². The van der Waals surface area contributed by atoms with Crippen molar-refractivity contribution >= 4 is 5.91 Å². The summed E-state index contributed by atoms with van der Waals surface area (Å²) in [7, 11) is 3.25. The monoisotopic (exact) mass is 333 g/mol. The van der Waals surface area contributed by atoms with Gasteiger partial charge in [-0.1, -0.05) is 12.8 Å². The van der Waals surface area contributed by atoms with Gasteiger partial charge in [-0.25, -0.2) is 0 Å². The molecule has 1 saturated carbocycles. The van der Waals surface area contributed by atoms with Gasteiger partial charge >= 0.3 is 0 Å². The van der Waals surface area contributed by atoms with Crippen LogP contribution in [-0.4, -0.2) is 42.3 Å². The molecule has 3 atom stereocenters. The third kappa shape index (κ3) is 2.86. The van der Waals surface area contributed by atoms with Crippen LogP contribution < -0.4 is 9.47 Å². The smallest absolute Gasteiger partial charge is 0.219 e. The second-order valence-electron chi connectivity index (χ2n) is 6.97. The first-order valence-electron chi connectivity index (χ1n) is 8.71. The molecule has 1 N–H and O–H groups in total. The lowest BCUT2D eigenvalue weighted by atomic mass is 9.66. The zero-order chi connectivity index (χ0) is 17.3. The van der Waals surface area contributed by atoms with Gasteiger partial charge in [-0.3, -0.25) is 4.79 Å². The number of ether oxygens (including phenoxy) is 2. The van der Waals surface area contributed by atoms with Gasteiger partial charge in [-0.15, -0.1) is 0 Å². The van der Waals surface area contributed by atoms with Crippen molar-refractivity contribution in [1.29, 1.82) is 0 Å². The molecule has 1 aliphatic carbocycles. The van der Waals surface area contributed by atoms with Gasteiger partial charge in [0.15, 0.2) is 0 Å². The molecule has 1 aromatic rings. The fourth-order valence-electron chi connectivity index (χ4n) is 4.48. The summed E-state index contributed by atoms with van der Waals surface area (Å²) in [4.78, 5) is 14.2. The van der Waals surface area contributed by atoms with Crippen LogP contribution in [0.4, 0.5) is 0 Å². The van der Waals surface area contributed by atoms with Crippen molar-refractivity contribution in [1.82, 2.24) is 4.90 Å². The Balaban J connectivity index is 2.07. The SMILES string of the molecule is COc1ccc([C@H]2[C@H]3CCCC[C@@]3(O)CCN2C(C)=O)c(OC)c1. The molecule has 1 aliphatic heterocycles. The Hall–Kier alpha value is -1.75. The van der Waals surface area contributed by atoms with Crippen molar-refractivity contribution in [2.24, 2.45) is 5.92 Å². The lowest BCUT2D eigenvalue weighted by molar-refractivity contribution is -0.153. The molecule has 0 aromatic heterocycles. The van der Waals surface area contributed by atoms with E-state index >= 15 is 0 Å². The molecule has 1 aromatic carbocycles. The number of hydrogen-bond donors (Lipinski definition) is 1. The molecule has 24 heavy (non-hydrogen) atoms. The largest absolute Gasteiger partial charge is 0.497 e. The van der Waals surface area contributed by atoms with E-state index in [2.05, 4.69) is 0 Å². The van der Waals surface area contributed by atoms with Gasteiger partial charge in [0.2, 0.25) is 5.91 Å². The van der Waals surface area contributed by atoms with E-state index in [1.165, 1.54) is 0 Å². The maximum absolute atomic E-state index is 12.3. The van der Waals surface area contributed by atoms with Crippen molar-refractivity contribution in [3.63, 3.8) is 0 Å². The van der Waals surface area contributed by atoms with Gasteiger partial charge in [0, 0.05) is 31.0 Å². The van der Waals surface area contributed by atoms with Crippen molar-refractivity contribution in [3.8, 4) is 11.5 Å². The Kier molecular flexibility index (Phi) is 4.72. The number of rotatable bonds is 3. The Labute approximate surface area is 143 Å². The fourth-order valence-corrected chi connectivity index (χ4v) is 4.48. The van der Waals surface area contributed by atoms with Gasteiger partial charge in [-0.05, 0) is 31.4 Å². The number of likely N-dealkylation sites (tertiary alicyclic amines) is 1. The minimum absolute atomic E-state index is 0.0468. The van der Waals surface area contributed by atoms with Crippen LogP contribution in [0.25, 0.3) is 0 Å². The predicted octanol–water partition coefficient (Wildman–Crippen LogP) is 2.92. The van der Waals surface area contributed by atoms with Crippen molar-refractivity contribution in [2.75, 3.05) is 20.8 Å². The highest BCUT2D eigenvalue weighted by molar-refractivity contribution is 5.74. The summed E-state index contributed by atoms with van der Waals surface area (Å²) in [6, 6.07) is 5.57. The lowest BCUT2D eigenvalue weighted by Crippen LogP contribution is -2.55. The summed E-state index contributed by atoms with van der Waals surface area (Å²) in [5, 5.41) is 11.2.